The molecule has 0 spiro atoms. The van der Waals surface area contributed by atoms with E-state index < -0.39 is 0 Å². The molecule has 0 aromatic carbocycles. The van der Waals surface area contributed by atoms with Gasteiger partial charge in [0.1, 0.15) is 6.67 Å². The second-order valence-electron chi connectivity index (χ2n) is 2.56. The van der Waals surface area contributed by atoms with Crippen molar-refractivity contribution in [2.45, 2.75) is 26.7 Å². The second kappa shape index (κ2) is 3.40. The van der Waals surface area contributed by atoms with Gasteiger partial charge in [-0.05, 0) is 19.4 Å². The highest BCUT2D eigenvalue weighted by molar-refractivity contribution is 5.95. The van der Waals surface area contributed by atoms with Gasteiger partial charge in [0.15, 0.2) is 0 Å². The number of aliphatic imine (C=N–C) groups is 1. The molecule has 0 saturated carbocycles. The summed E-state index contributed by atoms with van der Waals surface area (Å²) in [4.78, 5) is 4.30. The molecular formula is C8H14N2. The first-order valence-electron chi connectivity index (χ1n) is 3.78. The molecule has 0 fully saturated rings. The van der Waals surface area contributed by atoms with E-state index in [-0.39, 0.29) is 0 Å². The molecule has 1 N–H and O–H groups in total. The minimum Gasteiger partial charge on any atom is -0.370 e. The standard InChI is InChI=1S/C8H14N2/c1-3-4-8-5-7(2)9-6-10-8/h5,9H,3-4,6H2,1-2H3. The molecule has 0 bridgehead atoms. The smallest absolute Gasteiger partial charge is 0.107 e. The molecule has 0 aliphatic carbocycles. The first-order valence-corrected chi connectivity index (χ1v) is 3.78. The van der Waals surface area contributed by atoms with E-state index in [1.807, 2.05) is 0 Å². The third-order valence-electron chi connectivity index (χ3n) is 1.53. The third kappa shape index (κ3) is 1.87. The fourth-order valence-electron chi connectivity index (χ4n) is 1.02. The van der Waals surface area contributed by atoms with E-state index in [0.717, 1.165) is 13.1 Å². The molecule has 0 unspecified atom stereocenters. The lowest BCUT2D eigenvalue weighted by Gasteiger charge is -2.10. The van der Waals surface area contributed by atoms with Gasteiger partial charge in [-0.25, -0.2) is 0 Å². The van der Waals surface area contributed by atoms with Gasteiger partial charge in [-0.3, -0.25) is 4.99 Å². The van der Waals surface area contributed by atoms with E-state index in [1.54, 1.807) is 0 Å². The zero-order chi connectivity index (χ0) is 7.40. The highest BCUT2D eigenvalue weighted by atomic mass is 15.0. The first-order chi connectivity index (χ1) is 4.83. The highest BCUT2D eigenvalue weighted by Gasteiger charge is 1.99. The number of allylic oxidation sites excluding steroid dienone is 2. The van der Waals surface area contributed by atoms with Crippen molar-refractivity contribution in [3.8, 4) is 0 Å². The summed E-state index contributed by atoms with van der Waals surface area (Å²) in [5.41, 5.74) is 2.47. The summed E-state index contributed by atoms with van der Waals surface area (Å²) in [5, 5.41) is 3.14. The number of nitrogens with zero attached hydrogens (tertiary/aromatic N) is 1. The van der Waals surface area contributed by atoms with Crippen molar-refractivity contribution in [2.75, 3.05) is 6.67 Å². The van der Waals surface area contributed by atoms with Crippen LogP contribution in [-0.2, 0) is 0 Å². The van der Waals surface area contributed by atoms with E-state index >= 15 is 0 Å². The Morgan fingerprint density at radius 1 is 1.70 bits per heavy atom. The van der Waals surface area contributed by atoms with Crippen LogP contribution >= 0.6 is 0 Å². The molecule has 1 aliphatic heterocycles. The van der Waals surface area contributed by atoms with E-state index in [1.165, 1.54) is 17.8 Å². The SMILES string of the molecule is CCCC1=NCNC(C)=C1. The van der Waals surface area contributed by atoms with Gasteiger partial charge < -0.3 is 5.32 Å². The fraction of sp³-hybridized carbons (Fsp3) is 0.625. The van der Waals surface area contributed by atoms with Crippen molar-refractivity contribution in [3.05, 3.63) is 11.8 Å². The molecule has 56 valence electrons. The van der Waals surface area contributed by atoms with Gasteiger partial charge in [-0.1, -0.05) is 13.3 Å². The molecule has 0 amide bonds. The molecular weight excluding hydrogens is 124 g/mol. The molecule has 0 aromatic heterocycles. The minimum atomic E-state index is 0.762. The summed E-state index contributed by atoms with van der Waals surface area (Å²) in [5.74, 6) is 0. The number of rotatable bonds is 2. The van der Waals surface area contributed by atoms with Crippen LogP contribution in [0.25, 0.3) is 0 Å². The predicted molar refractivity (Wildman–Crippen MR) is 44.1 cm³/mol. The van der Waals surface area contributed by atoms with E-state index in [0.29, 0.717) is 0 Å². The predicted octanol–water partition coefficient (Wildman–Crippen LogP) is 1.69. The Morgan fingerprint density at radius 2 is 2.50 bits per heavy atom. The van der Waals surface area contributed by atoms with E-state index in [9.17, 15) is 0 Å². The maximum atomic E-state index is 4.30. The van der Waals surface area contributed by atoms with Crippen molar-refractivity contribution < 1.29 is 0 Å². The summed E-state index contributed by atoms with van der Waals surface area (Å²) in [6, 6.07) is 0. The quantitative estimate of drug-likeness (QED) is 0.617. The summed E-state index contributed by atoms with van der Waals surface area (Å²) in [6.45, 7) is 5.01. The van der Waals surface area contributed by atoms with E-state index in [2.05, 4.69) is 30.2 Å². The summed E-state index contributed by atoms with van der Waals surface area (Å²) in [6.07, 6.45) is 4.41. The number of hydrogen-bond acceptors (Lipinski definition) is 2. The molecule has 1 heterocycles. The van der Waals surface area contributed by atoms with Crippen LogP contribution in [0.3, 0.4) is 0 Å². The van der Waals surface area contributed by atoms with Crippen LogP contribution in [0.15, 0.2) is 16.8 Å². The van der Waals surface area contributed by atoms with Crippen molar-refractivity contribution in [3.63, 3.8) is 0 Å². The monoisotopic (exact) mass is 138 g/mol. The number of nitrogens with one attached hydrogen (secondary N) is 1. The largest absolute Gasteiger partial charge is 0.370 e. The van der Waals surface area contributed by atoms with Crippen LogP contribution in [0.2, 0.25) is 0 Å². The zero-order valence-electron chi connectivity index (χ0n) is 6.65. The average Bonchev–Trinajstić information content (AvgIpc) is 1.88. The Balaban J connectivity index is 2.51. The van der Waals surface area contributed by atoms with Crippen molar-refractivity contribution in [2.24, 2.45) is 4.99 Å². The topological polar surface area (TPSA) is 24.4 Å². The third-order valence-corrected chi connectivity index (χ3v) is 1.53. The van der Waals surface area contributed by atoms with Crippen LogP contribution in [-0.4, -0.2) is 12.4 Å². The van der Waals surface area contributed by atoms with Gasteiger partial charge in [0.2, 0.25) is 0 Å². The van der Waals surface area contributed by atoms with Crippen LogP contribution in [0.1, 0.15) is 26.7 Å². The van der Waals surface area contributed by atoms with Gasteiger partial charge in [-0.15, -0.1) is 0 Å². The van der Waals surface area contributed by atoms with Crippen molar-refractivity contribution >= 4 is 5.71 Å². The molecule has 0 radical (unpaired) electrons. The lowest BCUT2D eigenvalue weighted by Crippen LogP contribution is -2.18. The first kappa shape index (κ1) is 7.32. The second-order valence-corrected chi connectivity index (χ2v) is 2.56. The fourth-order valence-corrected chi connectivity index (χ4v) is 1.02. The normalized spacial score (nSPS) is 17.4. The van der Waals surface area contributed by atoms with Gasteiger partial charge in [0.05, 0.1) is 0 Å². The Hall–Kier alpha value is -0.790. The summed E-state index contributed by atoms with van der Waals surface area (Å²) >= 11 is 0. The molecule has 0 atom stereocenters. The van der Waals surface area contributed by atoms with Gasteiger partial charge in [0.25, 0.3) is 0 Å². The minimum absolute atomic E-state index is 0.762. The summed E-state index contributed by atoms with van der Waals surface area (Å²) < 4.78 is 0. The van der Waals surface area contributed by atoms with Crippen LogP contribution in [0, 0.1) is 0 Å². The van der Waals surface area contributed by atoms with Crippen LogP contribution < -0.4 is 5.32 Å². The van der Waals surface area contributed by atoms with Crippen molar-refractivity contribution in [1.82, 2.24) is 5.32 Å². The molecule has 0 aromatic rings. The Kier molecular flexibility index (Phi) is 2.49. The molecule has 10 heavy (non-hydrogen) atoms. The molecule has 2 heteroatoms. The Bertz CT molecular complexity index is 168. The maximum Gasteiger partial charge on any atom is 0.107 e. The summed E-state index contributed by atoms with van der Waals surface area (Å²) in [7, 11) is 0. The molecule has 1 rings (SSSR count). The molecule has 0 saturated heterocycles. The lowest BCUT2D eigenvalue weighted by atomic mass is 10.2. The molecule has 2 nitrogen and oxygen atoms in total. The zero-order valence-corrected chi connectivity index (χ0v) is 6.65. The average molecular weight is 138 g/mol. The highest BCUT2D eigenvalue weighted by Crippen LogP contribution is 2.01. The Morgan fingerprint density at radius 3 is 3.10 bits per heavy atom. The van der Waals surface area contributed by atoms with Gasteiger partial charge >= 0.3 is 0 Å². The lowest BCUT2D eigenvalue weighted by molar-refractivity contribution is 0.805. The van der Waals surface area contributed by atoms with Crippen molar-refractivity contribution in [1.29, 1.82) is 0 Å². The van der Waals surface area contributed by atoms with Crippen LogP contribution in [0.4, 0.5) is 0 Å². The van der Waals surface area contributed by atoms with Gasteiger partial charge in [-0.2, -0.15) is 0 Å². The van der Waals surface area contributed by atoms with Gasteiger partial charge in [0, 0.05) is 11.4 Å². The Labute approximate surface area is 62.0 Å². The number of hydrogen-bond donors (Lipinski definition) is 1. The van der Waals surface area contributed by atoms with E-state index in [4.69, 9.17) is 0 Å². The molecule has 1 aliphatic rings. The van der Waals surface area contributed by atoms with Crippen LogP contribution in [0.5, 0.6) is 0 Å². The maximum absolute atomic E-state index is 4.30.